The number of nitrogens with one attached hydrogen (secondary N) is 1. The van der Waals surface area contributed by atoms with Crippen LogP contribution in [0.15, 0.2) is 24.4 Å². The van der Waals surface area contributed by atoms with Crippen molar-refractivity contribution in [3.63, 3.8) is 0 Å². The van der Waals surface area contributed by atoms with Gasteiger partial charge in [-0.15, -0.1) is 10.2 Å². The van der Waals surface area contributed by atoms with Crippen LogP contribution in [0.5, 0.6) is 0 Å². The standard InChI is InChI=1S/C11H14N4O/c1-2-6-15-10(3-1)13-14-11(15)4-5-12-9-7-16-8-9/h1-3,6,9,12H,4-5,7-8H2. The minimum atomic E-state index is 0.527. The summed E-state index contributed by atoms with van der Waals surface area (Å²) in [6, 6.07) is 6.45. The van der Waals surface area contributed by atoms with Crippen molar-refractivity contribution in [2.24, 2.45) is 0 Å². The van der Waals surface area contributed by atoms with Gasteiger partial charge in [0.05, 0.1) is 19.3 Å². The normalized spacial score (nSPS) is 16.5. The molecule has 1 saturated heterocycles. The summed E-state index contributed by atoms with van der Waals surface area (Å²) in [5.41, 5.74) is 0.907. The second-order valence-corrected chi connectivity index (χ2v) is 3.98. The maximum absolute atomic E-state index is 5.10. The lowest BCUT2D eigenvalue weighted by Crippen LogP contribution is -2.46. The average Bonchev–Trinajstić information content (AvgIpc) is 2.65. The van der Waals surface area contributed by atoms with Crippen molar-refractivity contribution >= 4 is 5.65 Å². The fourth-order valence-electron chi connectivity index (χ4n) is 1.80. The molecule has 3 heterocycles. The number of hydrogen-bond acceptors (Lipinski definition) is 4. The summed E-state index contributed by atoms with van der Waals surface area (Å²) in [4.78, 5) is 0. The van der Waals surface area contributed by atoms with Gasteiger partial charge in [0.2, 0.25) is 0 Å². The molecule has 1 aliphatic rings. The van der Waals surface area contributed by atoms with E-state index >= 15 is 0 Å². The number of pyridine rings is 1. The Morgan fingerprint density at radius 3 is 3.12 bits per heavy atom. The molecule has 0 aliphatic carbocycles. The zero-order valence-corrected chi connectivity index (χ0v) is 8.97. The van der Waals surface area contributed by atoms with Gasteiger partial charge < -0.3 is 10.1 Å². The third kappa shape index (κ3) is 1.79. The van der Waals surface area contributed by atoms with Crippen LogP contribution in [0.25, 0.3) is 5.65 Å². The van der Waals surface area contributed by atoms with Crippen LogP contribution in [-0.4, -0.2) is 40.4 Å². The fraction of sp³-hybridized carbons (Fsp3) is 0.455. The Hall–Kier alpha value is -1.46. The maximum Gasteiger partial charge on any atom is 0.160 e. The molecule has 1 fully saturated rings. The molecule has 0 radical (unpaired) electrons. The third-order valence-electron chi connectivity index (χ3n) is 2.80. The highest BCUT2D eigenvalue weighted by Gasteiger charge is 2.17. The van der Waals surface area contributed by atoms with E-state index in [4.69, 9.17) is 4.74 Å². The van der Waals surface area contributed by atoms with Gasteiger partial charge in [-0.05, 0) is 12.1 Å². The van der Waals surface area contributed by atoms with Crippen LogP contribution in [0.2, 0.25) is 0 Å². The van der Waals surface area contributed by atoms with E-state index < -0.39 is 0 Å². The highest BCUT2D eigenvalue weighted by Crippen LogP contribution is 2.04. The molecule has 3 rings (SSSR count). The molecular formula is C11H14N4O. The van der Waals surface area contributed by atoms with Crippen LogP contribution < -0.4 is 5.32 Å². The quantitative estimate of drug-likeness (QED) is 0.799. The van der Waals surface area contributed by atoms with Crippen LogP contribution >= 0.6 is 0 Å². The number of rotatable bonds is 4. The first-order chi connectivity index (χ1) is 7.93. The predicted octanol–water partition coefficient (Wildman–Crippen LogP) is 0.260. The lowest BCUT2D eigenvalue weighted by atomic mass is 10.2. The number of ether oxygens (including phenoxy) is 1. The van der Waals surface area contributed by atoms with Crippen molar-refractivity contribution in [2.45, 2.75) is 12.5 Å². The zero-order valence-electron chi connectivity index (χ0n) is 8.97. The van der Waals surface area contributed by atoms with Gasteiger partial charge >= 0.3 is 0 Å². The minimum Gasteiger partial charge on any atom is -0.378 e. The molecule has 0 aromatic carbocycles. The molecule has 2 aromatic rings. The first kappa shape index (κ1) is 9.74. The molecule has 1 N–H and O–H groups in total. The minimum absolute atomic E-state index is 0.527. The SMILES string of the molecule is c1ccn2c(CCNC3COC3)nnc2c1. The summed E-state index contributed by atoms with van der Waals surface area (Å²) in [7, 11) is 0. The molecule has 2 aromatic heterocycles. The van der Waals surface area contributed by atoms with Crippen molar-refractivity contribution in [3.8, 4) is 0 Å². The molecule has 0 atom stereocenters. The van der Waals surface area contributed by atoms with Crippen LogP contribution in [0.4, 0.5) is 0 Å². The summed E-state index contributed by atoms with van der Waals surface area (Å²) in [5.74, 6) is 1.00. The predicted molar refractivity (Wildman–Crippen MR) is 59.3 cm³/mol. The van der Waals surface area contributed by atoms with Crippen molar-refractivity contribution in [3.05, 3.63) is 30.2 Å². The maximum atomic E-state index is 5.10. The van der Waals surface area contributed by atoms with Crippen LogP contribution in [0, 0.1) is 0 Å². The van der Waals surface area contributed by atoms with Gasteiger partial charge in [0.1, 0.15) is 5.82 Å². The Balaban J connectivity index is 1.64. The average molecular weight is 218 g/mol. The summed E-state index contributed by atoms with van der Waals surface area (Å²) >= 11 is 0. The molecule has 5 heteroatoms. The van der Waals surface area contributed by atoms with Crippen molar-refractivity contribution in [1.29, 1.82) is 0 Å². The Kier molecular flexibility index (Phi) is 2.55. The highest BCUT2D eigenvalue weighted by molar-refractivity contribution is 5.36. The van der Waals surface area contributed by atoms with E-state index in [-0.39, 0.29) is 0 Å². The Bertz CT molecular complexity index is 478. The van der Waals surface area contributed by atoms with E-state index in [0.717, 1.165) is 37.7 Å². The zero-order chi connectivity index (χ0) is 10.8. The largest absolute Gasteiger partial charge is 0.378 e. The molecule has 1 aliphatic heterocycles. The molecule has 0 unspecified atom stereocenters. The van der Waals surface area contributed by atoms with E-state index in [1.807, 2.05) is 28.8 Å². The lowest BCUT2D eigenvalue weighted by Gasteiger charge is -2.26. The first-order valence-corrected chi connectivity index (χ1v) is 5.53. The molecule has 0 bridgehead atoms. The van der Waals surface area contributed by atoms with Gasteiger partial charge in [-0.25, -0.2) is 0 Å². The van der Waals surface area contributed by atoms with Gasteiger partial charge in [-0.3, -0.25) is 4.40 Å². The van der Waals surface area contributed by atoms with E-state index in [1.165, 1.54) is 0 Å². The van der Waals surface area contributed by atoms with Crippen molar-refractivity contribution < 1.29 is 4.74 Å². The Morgan fingerprint density at radius 2 is 2.31 bits per heavy atom. The first-order valence-electron chi connectivity index (χ1n) is 5.53. The van der Waals surface area contributed by atoms with Crippen LogP contribution in [-0.2, 0) is 11.2 Å². The van der Waals surface area contributed by atoms with E-state index in [0.29, 0.717) is 6.04 Å². The summed E-state index contributed by atoms with van der Waals surface area (Å²) in [6.45, 7) is 2.59. The summed E-state index contributed by atoms with van der Waals surface area (Å²) in [6.07, 6.45) is 2.89. The number of aromatic nitrogens is 3. The summed E-state index contributed by atoms with van der Waals surface area (Å²) < 4.78 is 7.12. The smallest absolute Gasteiger partial charge is 0.160 e. The van der Waals surface area contributed by atoms with E-state index in [1.54, 1.807) is 0 Å². The summed E-state index contributed by atoms with van der Waals surface area (Å²) in [5, 5.41) is 11.7. The van der Waals surface area contributed by atoms with E-state index in [9.17, 15) is 0 Å². The molecule has 0 amide bonds. The number of nitrogens with zero attached hydrogens (tertiary/aromatic N) is 3. The van der Waals surface area contributed by atoms with E-state index in [2.05, 4.69) is 15.5 Å². The highest BCUT2D eigenvalue weighted by atomic mass is 16.5. The topological polar surface area (TPSA) is 51.5 Å². The Labute approximate surface area is 93.4 Å². The van der Waals surface area contributed by atoms with Gasteiger partial charge in [0.15, 0.2) is 5.65 Å². The van der Waals surface area contributed by atoms with Crippen molar-refractivity contribution in [2.75, 3.05) is 19.8 Å². The molecule has 5 nitrogen and oxygen atoms in total. The fourth-order valence-corrected chi connectivity index (χ4v) is 1.80. The van der Waals surface area contributed by atoms with Crippen LogP contribution in [0.1, 0.15) is 5.82 Å². The molecule has 0 saturated carbocycles. The monoisotopic (exact) mass is 218 g/mol. The van der Waals surface area contributed by atoms with Gasteiger partial charge in [-0.2, -0.15) is 0 Å². The van der Waals surface area contributed by atoms with Gasteiger partial charge in [0.25, 0.3) is 0 Å². The third-order valence-corrected chi connectivity index (χ3v) is 2.80. The second kappa shape index (κ2) is 4.19. The van der Waals surface area contributed by atoms with Gasteiger partial charge in [0, 0.05) is 19.2 Å². The molecular weight excluding hydrogens is 204 g/mol. The van der Waals surface area contributed by atoms with Crippen molar-refractivity contribution in [1.82, 2.24) is 19.9 Å². The molecule has 16 heavy (non-hydrogen) atoms. The second-order valence-electron chi connectivity index (χ2n) is 3.98. The van der Waals surface area contributed by atoms with Gasteiger partial charge in [-0.1, -0.05) is 6.07 Å². The lowest BCUT2D eigenvalue weighted by molar-refractivity contribution is -0.00473. The molecule has 84 valence electrons. The molecule has 0 spiro atoms. The Morgan fingerprint density at radius 1 is 1.38 bits per heavy atom. The number of fused-ring (bicyclic) bond motifs is 1. The number of hydrogen-bond donors (Lipinski definition) is 1. The van der Waals surface area contributed by atoms with Crippen LogP contribution in [0.3, 0.4) is 0 Å².